The van der Waals surface area contributed by atoms with Crippen LogP contribution in [0.5, 0.6) is 17.2 Å². The number of hydroxylamine groups is 1. The Morgan fingerprint density at radius 3 is 2.32 bits per heavy atom. The molecule has 0 aliphatic heterocycles. The zero-order chi connectivity index (χ0) is 15.9. The molecule has 2 aromatic rings. The monoisotopic (exact) mass is 301 g/mol. The molecule has 0 amide bonds. The predicted octanol–water partition coefficient (Wildman–Crippen LogP) is 2.84. The number of ether oxygens (including phenoxy) is 3. The Morgan fingerprint density at radius 1 is 1.00 bits per heavy atom. The molecule has 2 rings (SSSR count). The minimum Gasteiger partial charge on any atom is -0.624 e. The summed E-state index contributed by atoms with van der Waals surface area (Å²) in [6, 6.07) is 13.0. The summed E-state index contributed by atoms with van der Waals surface area (Å²) in [4.78, 5) is 0. The summed E-state index contributed by atoms with van der Waals surface area (Å²) in [7, 11) is 4.63. The molecule has 0 fully saturated rings. The zero-order valence-corrected chi connectivity index (χ0v) is 12.9. The number of rotatable bonds is 6. The van der Waals surface area contributed by atoms with Crippen LogP contribution in [0.3, 0.4) is 0 Å². The summed E-state index contributed by atoms with van der Waals surface area (Å²) in [5, 5.41) is 11.0. The van der Waals surface area contributed by atoms with E-state index in [2.05, 4.69) is 0 Å². The van der Waals surface area contributed by atoms with Crippen LogP contribution in [0.2, 0.25) is 0 Å². The summed E-state index contributed by atoms with van der Waals surface area (Å²) < 4.78 is 16.9. The van der Waals surface area contributed by atoms with E-state index >= 15 is 0 Å². The van der Waals surface area contributed by atoms with Gasteiger partial charge in [0.15, 0.2) is 17.7 Å². The SMILES string of the molecule is COc1ccc(COc2ccc(/C=[N+](/C)[O-])cc2OC)cc1. The van der Waals surface area contributed by atoms with Crippen LogP contribution in [0.25, 0.3) is 0 Å². The van der Waals surface area contributed by atoms with Crippen molar-refractivity contribution in [3.8, 4) is 17.2 Å². The molecule has 0 radical (unpaired) electrons. The molecule has 0 heterocycles. The fraction of sp³-hybridized carbons (Fsp3) is 0.235. The van der Waals surface area contributed by atoms with Gasteiger partial charge in [0.1, 0.15) is 19.4 Å². The van der Waals surface area contributed by atoms with Crippen LogP contribution >= 0.6 is 0 Å². The Hall–Kier alpha value is -2.69. The van der Waals surface area contributed by atoms with Crippen molar-refractivity contribution < 1.29 is 18.9 Å². The van der Waals surface area contributed by atoms with Gasteiger partial charge in [0.05, 0.1) is 14.2 Å². The fourth-order valence-electron chi connectivity index (χ4n) is 1.98. The van der Waals surface area contributed by atoms with Crippen LogP contribution in [0, 0.1) is 5.21 Å². The van der Waals surface area contributed by atoms with Crippen molar-refractivity contribution in [2.45, 2.75) is 6.61 Å². The van der Waals surface area contributed by atoms with Gasteiger partial charge in [-0.15, -0.1) is 0 Å². The zero-order valence-electron chi connectivity index (χ0n) is 12.9. The molecule has 0 aliphatic carbocycles. The second-order valence-electron chi connectivity index (χ2n) is 4.72. The lowest BCUT2D eigenvalue weighted by Gasteiger charge is -2.11. The molecule has 0 bridgehead atoms. The van der Waals surface area contributed by atoms with Crippen LogP contribution in [-0.2, 0) is 6.61 Å². The predicted molar refractivity (Wildman–Crippen MR) is 85.0 cm³/mol. The molecule has 22 heavy (non-hydrogen) atoms. The Balaban J connectivity index is 2.09. The second-order valence-corrected chi connectivity index (χ2v) is 4.72. The topological polar surface area (TPSA) is 53.8 Å². The van der Waals surface area contributed by atoms with Gasteiger partial charge >= 0.3 is 0 Å². The van der Waals surface area contributed by atoms with Crippen molar-refractivity contribution >= 4 is 6.21 Å². The largest absolute Gasteiger partial charge is 0.624 e. The molecule has 5 heteroatoms. The molecule has 0 saturated carbocycles. The molecule has 0 aromatic heterocycles. The van der Waals surface area contributed by atoms with Crippen molar-refractivity contribution in [1.29, 1.82) is 0 Å². The van der Waals surface area contributed by atoms with E-state index in [9.17, 15) is 5.21 Å². The summed E-state index contributed by atoms with van der Waals surface area (Å²) in [6.07, 6.45) is 1.47. The van der Waals surface area contributed by atoms with E-state index in [-0.39, 0.29) is 0 Å². The third-order valence-corrected chi connectivity index (χ3v) is 3.07. The first-order chi connectivity index (χ1) is 10.6. The van der Waals surface area contributed by atoms with Crippen molar-refractivity contribution in [2.24, 2.45) is 0 Å². The normalized spacial score (nSPS) is 11.1. The summed E-state index contributed by atoms with van der Waals surface area (Å²) in [6.45, 7) is 0.422. The van der Waals surface area contributed by atoms with Gasteiger partial charge < -0.3 is 19.4 Å². The van der Waals surface area contributed by atoms with Gasteiger partial charge in [0.2, 0.25) is 0 Å². The van der Waals surface area contributed by atoms with Gasteiger partial charge in [-0.1, -0.05) is 12.1 Å². The maximum atomic E-state index is 11.0. The minimum atomic E-state index is 0.422. The summed E-state index contributed by atoms with van der Waals surface area (Å²) >= 11 is 0. The first kappa shape index (κ1) is 15.7. The van der Waals surface area contributed by atoms with Gasteiger partial charge in [0.25, 0.3) is 0 Å². The average molecular weight is 301 g/mol. The Kier molecular flexibility index (Phi) is 5.25. The second kappa shape index (κ2) is 7.36. The molecule has 0 saturated heterocycles. The highest BCUT2D eigenvalue weighted by atomic mass is 16.5. The average Bonchev–Trinajstić information content (AvgIpc) is 2.53. The smallest absolute Gasteiger partial charge is 0.181 e. The summed E-state index contributed by atoms with van der Waals surface area (Å²) in [5.41, 5.74) is 1.78. The van der Waals surface area contributed by atoms with Crippen molar-refractivity contribution in [2.75, 3.05) is 21.3 Å². The molecule has 0 atom stereocenters. The van der Waals surface area contributed by atoms with Gasteiger partial charge in [-0.25, -0.2) is 4.74 Å². The van der Waals surface area contributed by atoms with Crippen molar-refractivity contribution in [3.05, 3.63) is 58.8 Å². The van der Waals surface area contributed by atoms with Crippen molar-refractivity contribution in [1.82, 2.24) is 0 Å². The Bertz CT molecular complexity index is 646. The van der Waals surface area contributed by atoms with Crippen molar-refractivity contribution in [3.63, 3.8) is 0 Å². The number of hydrogen-bond donors (Lipinski definition) is 0. The molecule has 5 nitrogen and oxygen atoms in total. The lowest BCUT2D eigenvalue weighted by Crippen LogP contribution is -2.01. The number of nitrogens with zero attached hydrogens (tertiary/aromatic N) is 1. The third kappa shape index (κ3) is 4.15. The van der Waals surface area contributed by atoms with Gasteiger partial charge in [-0.3, -0.25) is 0 Å². The number of methoxy groups -OCH3 is 2. The minimum absolute atomic E-state index is 0.422. The highest BCUT2D eigenvalue weighted by Gasteiger charge is 2.07. The van der Waals surface area contributed by atoms with E-state index in [0.29, 0.717) is 18.1 Å². The van der Waals surface area contributed by atoms with Gasteiger partial charge in [-0.05, 0) is 35.9 Å². The van der Waals surface area contributed by atoms with E-state index in [1.165, 1.54) is 13.3 Å². The van der Waals surface area contributed by atoms with E-state index in [1.54, 1.807) is 32.4 Å². The van der Waals surface area contributed by atoms with Crippen LogP contribution in [-0.4, -0.2) is 32.2 Å². The third-order valence-electron chi connectivity index (χ3n) is 3.07. The van der Waals surface area contributed by atoms with E-state index < -0.39 is 0 Å². The first-order valence-electron chi connectivity index (χ1n) is 6.81. The van der Waals surface area contributed by atoms with Crippen LogP contribution in [0.4, 0.5) is 0 Å². The van der Waals surface area contributed by atoms with Crippen LogP contribution < -0.4 is 14.2 Å². The Morgan fingerprint density at radius 2 is 1.73 bits per heavy atom. The molecule has 0 unspecified atom stereocenters. The highest BCUT2D eigenvalue weighted by Crippen LogP contribution is 2.28. The fourth-order valence-corrected chi connectivity index (χ4v) is 1.98. The van der Waals surface area contributed by atoms with E-state index in [0.717, 1.165) is 21.6 Å². The maximum absolute atomic E-state index is 11.0. The van der Waals surface area contributed by atoms with E-state index in [4.69, 9.17) is 14.2 Å². The Labute approximate surface area is 130 Å². The molecule has 0 aliphatic rings. The standard InChI is InChI=1S/C17H19NO4/c1-18(19)11-14-6-9-16(17(10-14)21-3)22-12-13-4-7-15(20-2)8-5-13/h4-11H,12H2,1-3H3/b18-11-. The molecule has 2 aromatic carbocycles. The molecular weight excluding hydrogens is 282 g/mol. The van der Waals surface area contributed by atoms with Gasteiger partial charge in [-0.2, -0.15) is 0 Å². The van der Waals surface area contributed by atoms with E-state index in [1.807, 2.05) is 24.3 Å². The number of hydrogen-bond acceptors (Lipinski definition) is 4. The quantitative estimate of drug-likeness (QED) is 0.356. The first-order valence-corrected chi connectivity index (χ1v) is 6.81. The lowest BCUT2D eigenvalue weighted by molar-refractivity contribution is -0.416. The van der Waals surface area contributed by atoms with Gasteiger partial charge in [0, 0.05) is 5.56 Å². The maximum Gasteiger partial charge on any atom is 0.181 e. The molecule has 0 spiro atoms. The molecule has 116 valence electrons. The summed E-state index contributed by atoms with van der Waals surface area (Å²) in [5.74, 6) is 2.02. The highest BCUT2D eigenvalue weighted by molar-refractivity contribution is 5.77. The van der Waals surface area contributed by atoms with Crippen LogP contribution in [0.1, 0.15) is 11.1 Å². The number of benzene rings is 2. The molecular formula is C17H19NO4. The molecule has 0 N–H and O–H groups in total. The van der Waals surface area contributed by atoms with Crippen LogP contribution in [0.15, 0.2) is 42.5 Å². The lowest BCUT2D eigenvalue weighted by atomic mass is 10.2.